The van der Waals surface area contributed by atoms with Crippen molar-refractivity contribution in [1.29, 1.82) is 0 Å². The fraction of sp³-hybridized carbons (Fsp3) is 0.579. The average molecular weight is 361 g/mol. The number of benzene rings is 1. The van der Waals surface area contributed by atoms with Crippen LogP contribution >= 0.6 is 0 Å². The molecule has 2 rings (SSSR count). The zero-order chi connectivity index (χ0) is 19.1. The summed E-state index contributed by atoms with van der Waals surface area (Å²) in [4.78, 5) is 26.5. The van der Waals surface area contributed by atoms with Crippen molar-refractivity contribution in [3.63, 3.8) is 0 Å². The molecule has 1 aromatic rings. The SMILES string of the molecule is CCC(C)C(N)C(=O)Nc1ccc(NC(=O)NC2CCN(C)CC2)cc1. The van der Waals surface area contributed by atoms with Gasteiger partial charge in [-0.1, -0.05) is 20.3 Å². The van der Waals surface area contributed by atoms with Crippen molar-refractivity contribution < 1.29 is 9.59 Å². The van der Waals surface area contributed by atoms with Gasteiger partial charge in [-0.05, 0) is 63.2 Å². The van der Waals surface area contributed by atoms with E-state index in [0.717, 1.165) is 32.4 Å². The fourth-order valence-electron chi connectivity index (χ4n) is 2.88. The zero-order valence-corrected chi connectivity index (χ0v) is 15.9. The maximum atomic E-state index is 12.1. The van der Waals surface area contributed by atoms with Crippen LogP contribution in [-0.2, 0) is 4.79 Å². The molecule has 1 saturated heterocycles. The monoisotopic (exact) mass is 361 g/mol. The maximum Gasteiger partial charge on any atom is 0.319 e. The highest BCUT2D eigenvalue weighted by molar-refractivity contribution is 5.95. The highest BCUT2D eigenvalue weighted by Gasteiger charge is 2.20. The molecule has 0 radical (unpaired) electrons. The Balaban J connectivity index is 1.81. The summed E-state index contributed by atoms with van der Waals surface area (Å²) in [5, 5.41) is 8.65. The summed E-state index contributed by atoms with van der Waals surface area (Å²) in [7, 11) is 2.09. The standard InChI is InChI=1S/C19H31N5O2/c1-4-13(2)17(20)18(25)21-14-5-7-15(8-6-14)22-19(26)23-16-9-11-24(3)12-10-16/h5-8,13,16-17H,4,9-12,20H2,1-3H3,(H,21,25)(H2,22,23,26). The first-order chi connectivity index (χ1) is 12.4. The second-order valence-electron chi connectivity index (χ2n) is 7.15. The molecule has 0 saturated carbocycles. The number of carbonyl (C=O) groups excluding carboxylic acids is 2. The van der Waals surface area contributed by atoms with Crippen LogP contribution in [0, 0.1) is 5.92 Å². The van der Waals surface area contributed by atoms with Crippen molar-refractivity contribution in [3.8, 4) is 0 Å². The van der Waals surface area contributed by atoms with Gasteiger partial charge in [0.15, 0.2) is 0 Å². The van der Waals surface area contributed by atoms with Crippen LogP contribution in [-0.4, -0.2) is 49.1 Å². The van der Waals surface area contributed by atoms with Crippen molar-refractivity contribution in [2.45, 2.75) is 45.2 Å². The molecule has 26 heavy (non-hydrogen) atoms. The van der Waals surface area contributed by atoms with E-state index in [-0.39, 0.29) is 23.9 Å². The van der Waals surface area contributed by atoms with Crippen LogP contribution in [0.3, 0.4) is 0 Å². The number of anilines is 2. The van der Waals surface area contributed by atoms with Crippen LogP contribution < -0.4 is 21.7 Å². The molecule has 2 unspecified atom stereocenters. The molecule has 7 nitrogen and oxygen atoms in total. The van der Waals surface area contributed by atoms with Crippen molar-refractivity contribution in [2.24, 2.45) is 11.7 Å². The number of rotatable bonds is 6. The molecule has 3 amide bonds. The highest BCUT2D eigenvalue weighted by Crippen LogP contribution is 2.15. The normalized spacial score (nSPS) is 18.0. The van der Waals surface area contributed by atoms with E-state index >= 15 is 0 Å². The number of likely N-dealkylation sites (tertiary alicyclic amines) is 1. The van der Waals surface area contributed by atoms with Crippen molar-refractivity contribution in [2.75, 3.05) is 30.8 Å². The third-order valence-corrected chi connectivity index (χ3v) is 5.02. The van der Waals surface area contributed by atoms with Gasteiger partial charge in [0.05, 0.1) is 6.04 Å². The number of hydrogen-bond acceptors (Lipinski definition) is 4. The van der Waals surface area contributed by atoms with Gasteiger partial charge in [-0.3, -0.25) is 4.79 Å². The molecule has 1 aliphatic heterocycles. The smallest absolute Gasteiger partial charge is 0.319 e. The van der Waals surface area contributed by atoms with E-state index < -0.39 is 6.04 Å². The summed E-state index contributed by atoms with van der Waals surface area (Å²) < 4.78 is 0. The molecule has 1 aliphatic rings. The summed E-state index contributed by atoms with van der Waals surface area (Å²) in [6, 6.07) is 6.52. The molecule has 2 atom stereocenters. The number of nitrogens with two attached hydrogens (primary N) is 1. The lowest BCUT2D eigenvalue weighted by Crippen LogP contribution is -2.44. The molecule has 1 heterocycles. The van der Waals surface area contributed by atoms with Gasteiger partial charge < -0.3 is 26.6 Å². The molecule has 1 fully saturated rings. The average Bonchev–Trinajstić information content (AvgIpc) is 2.63. The van der Waals surface area contributed by atoms with Gasteiger partial charge in [-0.15, -0.1) is 0 Å². The molecule has 0 bridgehead atoms. The van der Waals surface area contributed by atoms with E-state index in [1.165, 1.54) is 0 Å². The quantitative estimate of drug-likeness (QED) is 0.624. The molecular weight excluding hydrogens is 330 g/mol. The van der Waals surface area contributed by atoms with Crippen LogP contribution in [0.25, 0.3) is 0 Å². The van der Waals surface area contributed by atoms with Crippen LogP contribution in [0.15, 0.2) is 24.3 Å². The first-order valence-corrected chi connectivity index (χ1v) is 9.31. The minimum atomic E-state index is -0.530. The lowest BCUT2D eigenvalue weighted by Gasteiger charge is -2.29. The van der Waals surface area contributed by atoms with E-state index in [2.05, 4.69) is 27.9 Å². The van der Waals surface area contributed by atoms with Crippen molar-refractivity contribution >= 4 is 23.3 Å². The number of amides is 3. The molecule has 144 valence electrons. The van der Waals surface area contributed by atoms with Gasteiger partial charge in [0.25, 0.3) is 0 Å². The number of nitrogens with one attached hydrogen (secondary N) is 3. The molecular formula is C19H31N5O2. The van der Waals surface area contributed by atoms with E-state index in [9.17, 15) is 9.59 Å². The Morgan fingerprint density at radius 3 is 2.23 bits per heavy atom. The summed E-state index contributed by atoms with van der Waals surface area (Å²) in [5.41, 5.74) is 7.27. The van der Waals surface area contributed by atoms with Crippen LogP contribution in [0.1, 0.15) is 33.1 Å². The first kappa shape index (κ1) is 20.2. The number of urea groups is 1. The zero-order valence-electron chi connectivity index (χ0n) is 15.9. The van der Waals surface area contributed by atoms with Gasteiger partial charge in [0.2, 0.25) is 5.91 Å². The first-order valence-electron chi connectivity index (χ1n) is 9.31. The topological polar surface area (TPSA) is 99.5 Å². The summed E-state index contributed by atoms with van der Waals surface area (Å²) in [5.74, 6) is -0.0701. The molecule has 0 spiro atoms. The molecule has 1 aromatic carbocycles. The largest absolute Gasteiger partial charge is 0.335 e. The van der Waals surface area contributed by atoms with Gasteiger partial charge in [-0.25, -0.2) is 4.79 Å². The Bertz CT molecular complexity index is 596. The second-order valence-corrected chi connectivity index (χ2v) is 7.15. The number of carbonyl (C=O) groups is 2. The van der Waals surface area contributed by atoms with E-state index in [4.69, 9.17) is 5.73 Å². The Morgan fingerprint density at radius 2 is 1.69 bits per heavy atom. The third kappa shape index (κ3) is 6.00. The summed E-state index contributed by atoms with van der Waals surface area (Å²) in [6.07, 6.45) is 2.78. The minimum Gasteiger partial charge on any atom is -0.335 e. The van der Waals surface area contributed by atoms with E-state index in [0.29, 0.717) is 11.4 Å². The van der Waals surface area contributed by atoms with Gasteiger partial charge in [0, 0.05) is 17.4 Å². The highest BCUT2D eigenvalue weighted by atomic mass is 16.2. The van der Waals surface area contributed by atoms with Gasteiger partial charge in [0.1, 0.15) is 0 Å². The Kier molecular flexibility index (Phi) is 7.41. The lowest BCUT2D eigenvalue weighted by atomic mass is 9.99. The third-order valence-electron chi connectivity index (χ3n) is 5.02. The Morgan fingerprint density at radius 1 is 1.15 bits per heavy atom. The predicted octanol–water partition coefficient (Wildman–Crippen LogP) is 2.21. The number of hydrogen-bond donors (Lipinski definition) is 4. The molecule has 5 N–H and O–H groups in total. The minimum absolute atomic E-state index is 0.124. The predicted molar refractivity (Wildman–Crippen MR) is 105 cm³/mol. The lowest BCUT2D eigenvalue weighted by molar-refractivity contribution is -0.118. The van der Waals surface area contributed by atoms with Crippen LogP contribution in [0.2, 0.25) is 0 Å². The van der Waals surface area contributed by atoms with E-state index in [1.54, 1.807) is 24.3 Å². The molecule has 0 aliphatic carbocycles. The fourth-order valence-corrected chi connectivity index (χ4v) is 2.88. The van der Waals surface area contributed by atoms with Gasteiger partial charge >= 0.3 is 6.03 Å². The summed E-state index contributed by atoms with van der Waals surface area (Å²) in [6.45, 7) is 5.96. The Hall–Kier alpha value is -2.12. The summed E-state index contributed by atoms with van der Waals surface area (Å²) >= 11 is 0. The van der Waals surface area contributed by atoms with Crippen molar-refractivity contribution in [1.82, 2.24) is 10.2 Å². The Labute approximate surface area is 155 Å². The molecule has 7 heteroatoms. The maximum absolute atomic E-state index is 12.1. The number of nitrogens with zero attached hydrogens (tertiary/aromatic N) is 1. The van der Waals surface area contributed by atoms with Crippen LogP contribution in [0.5, 0.6) is 0 Å². The van der Waals surface area contributed by atoms with E-state index in [1.807, 2.05) is 13.8 Å². The van der Waals surface area contributed by atoms with Crippen molar-refractivity contribution in [3.05, 3.63) is 24.3 Å². The van der Waals surface area contributed by atoms with Crippen LogP contribution in [0.4, 0.5) is 16.2 Å². The molecule has 0 aromatic heterocycles. The van der Waals surface area contributed by atoms with Gasteiger partial charge in [-0.2, -0.15) is 0 Å². The second kappa shape index (κ2) is 9.54. The number of piperidine rings is 1.